The van der Waals surface area contributed by atoms with Gasteiger partial charge in [-0.15, -0.1) is 0 Å². The molecule has 94 valence electrons. The molecule has 4 heteroatoms. The maximum Gasteiger partial charge on any atom is 0.0171 e. The molecule has 0 aromatic carbocycles. The molecule has 2 saturated heterocycles. The van der Waals surface area contributed by atoms with E-state index in [2.05, 4.69) is 16.8 Å². The molecule has 2 fully saturated rings. The van der Waals surface area contributed by atoms with Gasteiger partial charge in [0.1, 0.15) is 0 Å². The van der Waals surface area contributed by atoms with Crippen molar-refractivity contribution in [3.63, 3.8) is 0 Å². The molecule has 2 heterocycles. The number of nitrogens with two attached hydrogens (primary N) is 2. The summed E-state index contributed by atoms with van der Waals surface area (Å²) in [5.74, 6) is 0.735. The predicted octanol–water partition coefficient (Wildman–Crippen LogP) is -0.311. The van der Waals surface area contributed by atoms with Gasteiger partial charge in [0.15, 0.2) is 0 Å². The molecular formula is C12H26N4. The number of likely N-dealkylation sites (tertiary alicyclic amines) is 2. The smallest absolute Gasteiger partial charge is 0.0171 e. The number of hydrogen-bond donors (Lipinski definition) is 2. The summed E-state index contributed by atoms with van der Waals surface area (Å²) in [4.78, 5) is 4.90. The van der Waals surface area contributed by atoms with Crippen molar-refractivity contribution in [2.24, 2.45) is 17.4 Å². The summed E-state index contributed by atoms with van der Waals surface area (Å²) in [6, 6.07) is 0.756. The third kappa shape index (κ3) is 3.42. The van der Waals surface area contributed by atoms with E-state index in [1.807, 2.05) is 0 Å². The van der Waals surface area contributed by atoms with E-state index in [-0.39, 0.29) is 0 Å². The van der Waals surface area contributed by atoms with Crippen LogP contribution in [0.5, 0.6) is 0 Å². The van der Waals surface area contributed by atoms with Crippen LogP contribution in [0.4, 0.5) is 0 Å². The lowest BCUT2D eigenvalue weighted by Gasteiger charge is -2.38. The molecule has 0 bridgehead atoms. The topological polar surface area (TPSA) is 58.5 Å². The Morgan fingerprint density at radius 3 is 2.62 bits per heavy atom. The van der Waals surface area contributed by atoms with Gasteiger partial charge in [-0.2, -0.15) is 0 Å². The maximum atomic E-state index is 6.06. The van der Waals surface area contributed by atoms with Gasteiger partial charge < -0.3 is 21.3 Å². The number of nitrogens with zero attached hydrogens (tertiary/aromatic N) is 2. The van der Waals surface area contributed by atoms with Crippen LogP contribution in [0, 0.1) is 5.92 Å². The molecule has 0 radical (unpaired) electrons. The van der Waals surface area contributed by atoms with Crippen LogP contribution >= 0.6 is 0 Å². The number of rotatable bonds is 2. The first-order chi connectivity index (χ1) is 7.63. The van der Waals surface area contributed by atoms with Crippen LogP contribution in [-0.2, 0) is 0 Å². The van der Waals surface area contributed by atoms with Gasteiger partial charge in [-0.05, 0) is 38.8 Å². The van der Waals surface area contributed by atoms with E-state index in [0.717, 1.165) is 19.0 Å². The predicted molar refractivity (Wildman–Crippen MR) is 67.2 cm³/mol. The van der Waals surface area contributed by atoms with Crippen molar-refractivity contribution in [3.8, 4) is 0 Å². The highest BCUT2D eigenvalue weighted by Gasteiger charge is 2.26. The first-order valence-electron chi connectivity index (χ1n) is 6.55. The van der Waals surface area contributed by atoms with Crippen molar-refractivity contribution in [3.05, 3.63) is 0 Å². The maximum absolute atomic E-state index is 6.06. The fourth-order valence-corrected chi connectivity index (χ4v) is 3.25. The van der Waals surface area contributed by atoms with E-state index in [0.29, 0.717) is 12.1 Å². The molecular weight excluding hydrogens is 200 g/mol. The fraction of sp³-hybridized carbons (Fsp3) is 1.00. The fourth-order valence-electron chi connectivity index (χ4n) is 3.25. The Labute approximate surface area is 98.9 Å². The SMILES string of the molecule is CN1CC(CN2CCC[C@H](N)C2)C[C@@H](N)C1. The van der Waals surface area contributed by atoms with E-state index < -0.39 is 0 Å². The molecule has 2 aliphatic rings. The highest BCUT2D eigenvalue weighted by molar-refractivity contribution is 4.83. The van der Waals surface area contributed by atoms with E-state index in [9.17, 15) is 0 Å². The van der Waals surface area contributed by atoms with Crippen LogP contribution in [0.25, 0.3) is 0 Å². The van der Waals surface area contributed by atoms with Crippen LogP contribution in [0.15, 0.2) is 0 Å². The third-order valence-electron chi connectivity index (χ3n) is 3.81. The van der Waals surface area contributed by atoms with Gasteiger partial charge in [0.2, 0.25) is 0 Å². The Balaban J connectivity index is 1.79. The molecule has 4 N–H and O–H groups in total. The highest BCUT2D eigenvalue weighted by Crippen LogP contribution is 2.18. The third-order valence-corrected chi connectivity index (χ3v) is 3.81. The van der Waals surface area contributed by atoms with E-state index in [1.165, 1.54) is 38.9 Å². The average Bonchev–Trinajstić information content (AvgIpc) is 2.15. The standard InChI is InChI=1S/C12H26N4/c1-15-6-10(5-12(14)8-15)7-16-4-2-3-11(13)9-16/h10-12H,2-9,13-14H2,1H3/t10?,11-,12+/m0/s1. The summed E-state index contributed by atoms with van der Waals surface area (Å²) in [6.45, 7) is 5.74. The second kappa shape index (κ2) is 5.45. The first-order valence-corrected chi connectivity index (χ1v) is 6.55. The molecule has 16 heavy (non-hydrogen) atoms. The largest absolute Gasteiger partial charge is 0.327 e. The van der Waals surface area contributed by atoms with Gasteiger partial charge in [-0.25, -0.2) is 0 Å². The van der Waals surface area contributed by atoms with E-state index in [1.54, 1.807) is 0 Å². The minimum absolute atomic E-state index is 0.363. The molecule has 2 rings (SSSR count). The van der Waals surface area contributed by atoms with Crippen molar-refractivity contribution in [2.45, 2.75) is 31.3 Å². The van der Waals surface area contributed by atoms with Crippen molar-refractivity contribution in [1.29, 1.82) is 0 Å². The molecule has 4 nitrogen and oxygen atoms in total. The van der Waals surface area contributed by atoms with Gasteiger partial charge in [0.05, 0.1) is 0 Å². The van der Waals surface area contributed by atoms with Gasteiger partial charge in [0.25, 0.3) is 0 Å². The summed E-state index contributed by atoms with van der Waals surface area (Å²) in [7, 11) is 2.17. The highest BCUT2D eigenvalue weighted by atomic mass is 15.2. The van der Waals surface area contributed by atoms with Crippen molar-refractivity contribution >= 4 is 0 Å². The molecule has 0 aliphatic carbocycles. The van der Waals surface area contributed by atoms with Crippen LogP contribution < -0.4 is 11.5 Å². The second-order valence-corrected chi connectivity index (χ2v) is 5.74. The van der Waals surface area contributed by atoms with Crippen LogP contribution in [0.3, 0.4) is 0 Å². The Bertz CT molecular complexity index is 211. The Hall–Kier alpha value is -0.160. The van der Waals surface area contributed by atoms with Gasteiger partial charge >= 0.3 is 0 Å². The minimum atomic E-state index is 0.363. The molecule has 0 saturated carbocycles. The van der Waals surface area contributed by atoms with E-state index in [4.69, 9.17) is 11.5 Å². The van der Waals surface area contributed by atoms with Crippen LogP contribution in [0.1, 0.15) is 19.3 Å². The lowest BCUT2D eigenvalue weighted by molar-refractivity contribution is 0.121. The number of piperidine rings is 2. The molecule has 3 atom stereocenters. The average molecular weight is 226 g/mol. The van der Waals surface area contributed by atoms with Crippen LogP contribution in [-0.4, -0.2) is 61.7 Å². The van der Waals surface area contributed by atoms with Gasteiger partial charge in [0, 0.05) is 38.3 Å². The minimum Gasteiger partial charge on any atom is -0.327 e. The molecule has 0 spiro atoms. The summed E-state index contributed by atoms with van der Waals surface area (Å²) in [6.07, 6.45) is 3.63. The molecule has 1 unspecified atom stereocenters. The zero-order chi connectivity index (χ0) is 11.5. The van der Waals surface area contributed by atoms with Crippen LogP contribution in [0.2, 0.25) is 0 Å². The number of hydrogen-bond acceptors (Lipinski definition) is 4. The zero-order valence-electron chi connectivity index (χ0n) is 10.4. The first kappa shape index (κ1) is 12.3. The lowest BCUT2D eigenvalue weighted by atomic mass is 9.93. The monoisotopic (exact) mass is 226 g/mol. The molecule has 0 aromatic rings. The number of likely N-dealkylation sites (N-methyl/N-ethyl adjacent to an activating group) is 1. The quantitative estimate of drug-likeness (QED) is 0.678. The Kier molecular flexibility index (Phi) is 4.19. The van der Waals surface area contributed by atoms with Gasteiger partial charge in [-0.1, -0.05) is 0 Å². The molecule has 0 amide bonds. The Morgan fingerprint density at radius 1 is 1.12 bits per heavy atom. The second-order valence-electron chi connectivity index (χ2n) is 5.74. The summed E-state index contributed by atoms with van der Waals surface area (Å²) < 4.78 is 0. The summed E-state index contributed by atoms with van der Waals surface area (Å²) >= 11 is 0. The van der Waals surface area contributed by atoms with Gasteiger partial charge in [-0.3, -0.25) is 0 Å². The zero-order valence-corrected chi connectivity index (χ0v) is 10.4. The molecule has 0 aromatic heterocycles. The lowest BCUT2D eigenvalue weighted by Crippen LogP contribution is -2.50. The Morgan fingerprint density at radius 2 is 1.94 bits per heavy atom. The normalized spacial score (nSPS) is 38.8. The van der Waals surface area contributed by atoms with Crippen molar-refractivity contribution < 1.29 is 0 Å². The summed E-state index contributed by atoms with van der Waals surface area (Å²) in [5.41, 5.74) is 12.1. The van der Waals surface area contributed by atoms with Crippen molar-refractivity contribution in [1.82, 2.24) is 9.80 Å². The van der Waals surface area contributed by atoms with E-state index >= 15 is 0 Å². The molecule has 2 aliphatic heterocycles. The van der Waals surface area contributed by atoms with Crippen molar-refractivity contribution in [2.75, 3.05) is 39.8 Å². The summed E-state index contributed by atoms with van der Waals surface area (Å²) in [5, 5.41) is 0.